The highest BCUT2D eigenvalue weighted by molar-refractivity contribution is 5.94. The first-order valence-corrected chi connectivity index (χ1v) is 6.99. The highest BCUT2D eigenvalue weighted by atomic mass is 19.4. The minimum absolute atomic E-state index is 0.0672. The molecule has 0 atom stereocenters. The Balaban J connectivity index is 2.03. The van der Waals surface area contributed by atoms with Crippen LogP contribution in [0.4, 0.5) is 13.2 Å². The molecule has 3 nitrogen and oxygen atoms in total. The van der Waals surface area contributed by atoms with Gasteiger partial charge in [0.05, 0.1) is 19.2 Å². The molecule has 2 rings (SSSR count). The second-order valence-electron chi connectivity index (χ2n) is 4.76. The van der Waals surface area contributed by atoms with E-state index in [2.05, 4.69) is 17.2 Å². The van der Waals surface area contributed by atoms with Crippen LogP contribution in [-0.2, 0) is 6.18 Å². The molecule has 0 fully saturated rings. The fourth-order valence-corrected chi connectivity index (χ4v) is 1.97. The molecule has 0 bridgehead atoms. The third kappa shape index (κ3) is 4.53. The normalized spacial score (nSPS) is 10.5. The van der Waals surface area contributed by atoms with Crippen molar-refractivity contribution in [3.63, 3.8) is 0 Å². The number of hydrogen-bond donors (Lipinski definition) is 1. The summed E-state index contributed by atoms with van der Waals surface area (Å²) < 4.78 is 43.5. The van der Waals surface area contributed by atoms with Gasteiger partial charge < -0.3 is 10.1 Å². The Hall–Kier alpha value is -2.94. The quantitative estimate of drug-likeness (QED) is 0.873. The maximum atomic E-state index is 12.8. The smallest absolute Gasteiger partial charge is 0.417 e. The molecule has 6 heteroatoms. The number of hydrogen-bond acceptors (Lipinski definition) is 2. The molecular formula is C18H14F3NO2. The van der Waals surface area contributed by atoms with Crippen LogP contribution in [-0.4, -0.2) is 19.6 Å². The lowest BCUT2D eigenvalue weighted by Gasteiger charge is -2.08. The van der Waals surface area contributed by atoms with E-state index in [1.54, 1.807) is 24.3 Å². The molecule has 0 radical (unpaired) electrons. The van der Waals surface area contributed by atoms with Gasteiger partial charge in [0, 0.05) is 11.1 Å². The van der Waals surface area contributed by atoms with Crippen LogP contribution < -0.4 is 10.1 Å². The van der Waals surface area contributed by atoms with Gasteiger partial charge in [0.1, 0.15) is 5.75 Å². The van der Waals surface area contributed by atoms with E-state index in [0.717, 1.165) is 6.07 Å². The van der Waals surface area contributed by atoms with E-state index in [-0.39, 0.29) is 18.0 Å². The zero-order valence-corrected chi connectivity index (χ0v) is 12.8. The first kappa shape index (κ1) is 17.4. The van der Waals surface area contributed by atoms with Crippen LogP contribution in [0.1, 0.15) is 21.5 Å². The van der Waals surface area contributed by atoms with Crippen molar-refractivity contribution in [3.8, 4) is 17.6 Å². The van der Waals surface area contributed by atoms with E-state index in [9.17, 15) is 18.0 Å². The third-order valence-corrected chi connectivity index (χ3v) is 3.12. The molecule has 0 saturated heterocycles. The molecule has 0 aromatic heterocycles. The summed E-state index contributed by atoms with van der Waals surface area (Å²) in [7, 11) is 1.49. The summed E-state index contributed by atoms with van der Waals surface area (Å²) in [6.45, 7) is -0.0672. The second-order valence-corrected chi connectivity index (χ2v) is 4.76. The molecule has 1 amide bonds. The number of amides is 1. The van der Waals surface area contributed by atoms with E-state index in [4.69, 9.17) is 4.74 Å². The van der Waals surface area contributed by atoms with Gasteiger partial charge in [0.25, 0.3) is 5.91 Å². The number of methoxy groups -OCH3 is 1. The summed E-state index contributed by atoms with van der Waals surface area (Å²) >= 11 is 0. The molecule has 0 saturated carbocycles. The van der Waals surface area contributed by atoms with Crippen molar-refractivity contribution in [2.45, 2.75) is 6.18 Å². The summed E-state index contributed by atoms with van der Waals surface area (Å²) in [4.78, 5) is 11.9. The maximum absolute atomic E-state index is 12.8. The van der Waals surface area contributed by atoms with Gasteiger partial charge in [-0.1, -0.05) is 30.0 Å². The van der Waals surface area contributed by atoms with Gasteiger partial charge in [-0.2, -0.15) is 13.2 Å². The third-order valence-electron chi connectivity index (χ3n) is 3.12. The summed E-state index contributed by atoms with van der Waals surface area (Å²) in [5, 5.41) is 2.53. The Morgan fingerprint density at radius 3 is 2.62 bits per heavy atom. The van der Waals surface area contributed by atoms with E-state index in [1.165, 1.54) is 25.3 Å². The molecule has 124 valence electrons. The summed E-state index contributed by atoms with van der Waals surface area (Å²) in [5.41, 5.74) is -0.538. The molecule has 0 aliphatic heterocycles. The lowest BCUT2D eigenvalue weighted by molar-refractivity contribution is -0.137. The van der Waals surface area contributed by atoms with Crippen molar-refractivity contribution >= 4 is 5.91 Å². The van der Waals surface area contributed by atoms with Crippen LogP contribution in [0.5, 0.6) is 5.75 Å². The zero-order chi connectivity index (χ0) is 17.6. The monoisotopic (exact) mass is 333 g/mol. The highest BCUT2D eigenvalue weighted by Gasteiger charge is 2.32. The van der Waals surface area contributed by atoms with Crippen LogP contribution in [0, 0.1) is 11.8 Å². The molecule has 2 aromatic rings. The number of carbonyl (C=O) groups excluding carboxylic acids is 1. The molecule has 2 aromatic carbocycles. The van der Waals surface area contributed by atoms with E-state index in [1.807, 2.05) is 0 Å². The van der Waals surface area contributed by atoms with Crippen LogP contribution in [0.3, 0.4) is 0 Å². The highest BCUT2D eigenvalue weighted by Crippen LogP contribution is 2.31. The molecule has 0 aliphatic rings. The summed E-state index contributed by atoms with van der Waals surface area (Å²) in [6.07, 6.45) is -4.46. The number of alkyl halides is 3. The molecule has 0 heterocycles. The number of halogens is 3. The summed E-state index contributed by atoms with van der Waals surface area (Å²) in [5.74, 6) is 5.12. The Morgan fingerprint density at radius 1 is 1.17 bits per heavy atom. The number of nitrogens with one attached hydrogen (secondary N) is 1. The van der Waals surface area contributed by atoms with Crippen LogP contribution in [0.15, 0.2) is 48.5 Å². The number of benzene rings is 2. The minimum Gasteiger partial charge on any atom is -0.497 e. The molecule has 0 unspecified atom stereocenters. The van der Waals surface area contributed by atoms with Gasteiger partial charge in [0.2, 0.25) is 0 Å². The van der Waals surface area contributed by atoms with E-state index >= 15 is 0 Å². The Bertz CT molecular complexity index is 789. The SMILES string of the molecule is COc1cccc(C(=O)NCC#Cc2ccccc2C(F)(F)F)c1. The van der Waals surface area contributed by atoms with Crippen LogP contribution in [0.25, 0.3) is 0 Å². The Morgan fingerprint density at radius 2 is 1.92 bits per heavy atom. The average molecular weight is 333 g/mol. The minimum atomic E-state index is -4.46. The Labute approximate surface area is 137 Å². The first-order chi connectivity index (χ1) is 11.4. The van der Waals surface area contributed by atoms with Crippen molar-refractivity contribution < 1.29 is 22.7 Å². The lowest BCUT2D eigenvalue weighted by Crippen LogP contribution is -2.23. The topological polar surface area (TPSA) is 38.3 Å². The molecule has 0 aliphatic carbocycles. The fourth-order valence-electron chi connectivity index (χ4n) is 1.97. The van der Waals surface area contributed by atoms with Gasteiger partial charge in [-0.15, -0.1) is 0 Å². The number of carbonyl (C=O) groups is 1. The van der Waals surface area contributed by atoms with Gasteiger partial charge in [-0.05, 0) is 30.3 Å². The number of ether oxygens (including phenoxy) is 1. The van der Waals surface area contributed by atoms with Gasteiger partial charge in [-0.3, -0.25) is 4.79 Å². The van der Waals surface area contributed by atoms with Crippen molar-refractivity contribution in [1.29, 1.82) is 0 Å². The van der Waals surface area contributed by atoms with Crippen molar-refractivity contribution in [2.24, 2.45) is 0 Å². The van der Waals surface area contributed by atoms with Crippen LogP contribution in [0.2, 0.25) is 0 Å². The molecule has 1 N–H and O–H groups in total. The molecular weight excluding hydrogens is 319 g/mol. The predicted molar refractivity (Wildman–Crippen MR) is 83.6 cm³/mol. The lowest BCUT2D eigenvalue weighted by atomic mass is 10.1. The molecule has 0 spiro atoms. The van der Waals surface area contributed by atoms with Gasteiger partial charge in [0.15, 0.2) is 0 Å². The number of rotatable bonds is 3. The Kier molecular flexibility index (Phi) is 5.48. The zero-order valence-electron chi connectivity index (χ0n) is 12.8. The van der Waals surface area contributed by atoms with Crippen molar-refractivity contribution in [1.82, 2.24) is 5.32 Å². The van der Waals surface area contributed by atoms with Crippen molar-refractivity contribution in [3.05, 3.63) is 65.2 Å². The standard InChI is InChI=1S/C18H14F3NO2/c1-24-15-9-4-7-14(12-15)17(23)22-11-5-8-13-6-2-3-10-16(13)18(19,20)21/h2-4,6-7,9-10,12H,11H2,1H3,(H,22,23). The van der Waals surface area contributed by atoms with Gasteiger partial charge >= 0.3 is 6.18 Å². The van der Waals surface area contributed by atoms with E-state index in [0.29, 0.717) is 11.3 Å². The average Bonchev–Trinajstić information content (AvgIpc) is 2.58. The van der Waals surface area contributed by atoms with Crippen molar-refractivity contribution in [2.75, 3.05) is 13.7 Å². The predicted octanol–water partition coefficient (Wildman–Crippen LogP) is 3.50. The fraction of sp³-hybridized carbons (Fsp3) is 0.167. The van der Waals surface area contributed by atoms with E-state index < -0.39 is 11.7 Å². The second kappa shape index (κ2) is 7.55. The largest absolute Gasteiger partial charge is 0.497 e. The van der Waals surface area contributed by atoms with Crippen LogP contribution >= 0.6 is 0 Å². The van der Waals surface area contributed by atoms with Gasteiger partial charge in [-0.25, -0.2) is 0 Å². The summed E-state index contributed by atoms with van der Waals surface area (Å²) in [6, 6.07) is 11.6. The first-order valence-electron chi connectivity index (χ1n) is 6.99. The maximum Gasteiger partial charge on any atom is 0.417 e. The molecule has 24 heavy (non-hydrogen) atoms.